The van der Waals surface area contributed by atoms with Crippen molar-refractivity contribution in [2.45, 2.75) is 18.4 Å². The summed E-state index contributed by atoms with van der Waals surface area (Å²) in [7, 11) is -3.74. The Kier molecular flexibility index (Phi) is 4.88. The van der Waals surface area contributed by atoms with E-state index in [0.29, 0.717) is 35.0 Å². The molecule has 0 saturated carbocycles. The third kappa shape index (κ3) is 3.70. The third-order valence-corrected chi connectivity index (χ3v) is 5.58. The third-order valence-electron chi connectivity index (χ3n) is 4.65. The molecule has 30 heavy (non-hydrogen) atoms. The van der Waals surface area contributed by atoms with Crippen LogP contribution in [0.5, 0.6) is 5.75 Å². The van der Waals surface area contributed by atoms with Crippen molar-refractivity contribution in [2.75, 3.05) is 5.32 Å². The van der Waals surface area contributed by atoms with Gasteiger partial charge in [-0.2, -0.15) is 0 Å². The maximum atomic E-state index is 13.8. The Balaban J connectivity index is 1.65. The van der Waals surface area contributed by atoms with Gasteiger partial charge >= 0.3 is 0 Å². The molecule has 0 atom stereocenters. The summed E-state index contributed by atoms with van der Waals surface area (Å²) in [6.07, 6.45) is 3.32. The molecule has 0 saturated heterocycles. The summed E-state index contributed by atoms with van der Waals surface area (Å²) in [6, 6.07) is 10.4. The highest BCUT2D eigenvalue weighted by atomic mass is 32.2. The molecule has 0 radical (unpaired) electrons. The second kappa shape index (κ2) is 7.39. The summed E-state index contributed by atoms with van der Waals surface area (Å²) in [4.78, 5) is 8.93. The lowest BCUT2D eigenvalue weighted by Gasteiger charge is -2.09. The number of primary sulfonamides is 1. The minimum absolute atomic E-state index is 0.0427. The zero-order valence-electron chi connectivity index (χ0n) is 15.9. The minimum Gasteiger partial charge on any atom is -0.505 e. The van der Waals surface area contributed by atoms with Crippen molar-refractivity contribution in [3.63, 3.8) is 0 Å². The van der Waals surface area contributed by atoms with E-state index in [1.165, 1.54) is 24.3 Å². The Morgan fingerprint density at radius 3 is 2.60 bits per heavy atom. The van der Waals surface area contributed by atoms with Crippen LogP contribution in [0.2, 0.25) is 0 Å². The molecule has 0 fully saturated rings. The first-order valence-electron chi connectivity index (χ1n) is 8.92. The number of phenolic OH excluding ortho intramolecular Hbond substituents is 1. The zero-order chi connectivity index (χ0) is 21.5. The Labute approximate surface area is 171 Å². The average Bonchev–Trinajstić information content (AvgIpc) is 3.04. The Morgan fingerprint density at radius 2 is 1.93 bits per heavy atom. The van der Waals surface area contributed by atoms with Gasteiger partial charge in [0.1, 0.15) is 0 Å². The van der Waals surface area contributed by atoms with Gasteiger partial charge in [0.2, 0.25) is 10.0 Å². The van der Waals surface area contributed by atoms with E-state index in [2.05, 4.69) is 15.3 Å². The van der Waals surface area contributed by atoms with E-state index in [9.17, 15) is 17.9 Å². The molecule has 0 bridgehead atoms. The molecule has 4 N–H and O–H groups in total. The van der Waals surface area contributed by atoms with Gasteiger partial charge in [0.15, 0.2) is 23.0 Å². The SMILES string of the molecule is Cc1nc2c(NCc3ccc(S(N)(=O)=O)cc3)nccn2c1-c1ccc(O)c(F)c1. The van der Waals surface area contributed by atoms with Gasteiger partial charge < -0.3 is 10.4 Å². The van der Waals surface area contributed by atoms with Gasteiger partial charge in [0.25, 0.3) is 0 Å². The molecule has 0 aliphatic carbocycles. The van der Waals surface area contributed by atoms with Gasteiger partial charge in [-0.1, -0.05) is 12.1 Å². The smallest absolute Gasteiger partial charge is 0.238 e. The normalized spacial score (nSPS) is 11.7. The van der Waals surface area contributed by atoms with Crippen molar-refractivity contribution in [1.82, 2.24) is 14.4 Å². The Bertz CT molecular complexity index is 1350. The number of hydrogen-bond donors (Lipinski definition) is 3. The van der Waals surface area contributed by atoms with Crippen LogP contribution in [0.3, 0.4) is 0 Å². The van der Waals surface area contributed by atoms with Crippen molar-refractivity contribution in [1.29, 1.82) is 0 Å². The van der Waals surface area contributed by atoms with Crippen LogP contribution >= 0.6 is 0 Å². The molecule has 0 unspecified atom stereocenters. The number of phenols is 1. The topological polar surface area (TPSA) is 123 Å². The highest BCUT2D eigenvalue weighted by molar-refractivity contribution is 7.89. The fraction of sp³-hybridized carbons (Fsp3) is 0.100. The van der Waals surface area contributed by atoms with Crippen LogP contribution < -0.4 is 10.5 Å². The molecular weight excluding hydrogens is 409 g/mol. The summed E-state index contributed by atoms with van der Waals surface area (Å²) in [5.41, 5.74) is 3.32. The van der Waals surface area contributed by atoms with Crippen LogP contribution in [0.1, 0.15) is 11.3 Å². The lowest BCUT2D eigenvalue weighted by Crippen LogP contribution is -2.12. The first kappa shape index (κ1) is 19.8. The van der Waals surface area contributed by atoms with Gasteiger partial charge in [-0.25, -0.2) is 27.9 Å². The van der Waals surface area contributed by atoms with Crippen LogP contribution in [0, 0.1) is 12.7 Å². The fourth-order valence-electron chi connectivity index (χ4n) is 3.20. The van der Waals surface area contributed by atoms with Gasteiger partial charge in [-0.15, -0.1) is 0 Å². The molecule has 2 heterocycles. The number of nitrogens with one attached hydrogen (secondary N) is 1. The van der Waals surface area contributed by atoms with E-state index in [4.69, 9.17) is 5.14 Å². The van der Waals surface area contributed by atoms with Crippen molar-refractivity contribution in [2.24, 2.45) is 5.14 Å². The van der Waals surface area contributed by atoms with E-state index in [1.54, 1.807) is 35.0 Å². The number of hydrogen-bond acceptors (Lipinski definition) is 6. The molecule has 0 amide bonds. The maximum Gasteiger partial charge on any atom is 0.238 e. The predicted octanol–water partition coefficient (Wildman–Crippen LogP) is 2.81. The summed E-state index contributed by atoms with van der Waals surface area (Å²) in [6.45, 7) is 2.19. The van der Waals surface area contributed by atoms with Crippen molar-refractivity contribution < 1.29 is 17.9 Å². The number of anilines is 1. The number of nitrogens with zero attached hydrogens (tertiary/aromatic N) is 3. The van der Waals surface area contributed by atoms with E-state index in [0.717, 1.165) is 5.56 Å². The molecule has 10 heteroatoms. The molecular formula is C20H18FN5O3S. The lowest BCUT2D eigenvalue weighted by atomic mass is 10.1. The van der Waals surface area contributed by atoms with Crippen LogP contribution in [0.4, 0.5) is 10.2 Å². The zero-order valence-corrected chi connectivity index (χ0v) is 16.7. The Hall–Kier alpha value is -3.50. The van der Waals surface area contributed by atoms with Gasteiger partial charge in [0, 0.05) is 24.5 Å². The number of fused-ring (bicyclic) bond motifs is 1. The van der Waals surface area contributed by atoms with Crippen molar-refractivity contribution in [3.8, 4) is 17.0 Å². The number of imidazole rings is 1. The monoisotopic (exact) mass is 427 g/mol. The molecule has 4 rings (SSSR count). The number of nitrogens with two attached hydrogens (primary N) is 1. The molecule has 0 aliphatic rings. The predicted molar refractivity (Wildman–Crippen MR) is 110 cm³/mol. The summed E-state index contributed by atoms with van der Waals surface area (Å²) in [5.74, 6) is -0.610. The van der Waals surface area contributed by atoms with Crippen LogP contribution in [-0.2, 0) is 16.6 Å². The first-order chi connectivity index (χ1) is 14.2. The van der Waals surface area contributed by atoms with E-state index in [-0.39, 0.29) is 4.90 Å². The molecule has 154 valence electrons. The first-order valence-corrected chi connectivity index (χ1v) is 10.5. The van der Waals surface area contributed by atoms with E-state index < -0.39 is 21.6 Å². The van der Waals surface area contributed by atoms with Crippen LogP contribution in [-0.4, -0.2) is 27.9 Å². The fourth-order valence-corrected chi connectivity index (χ4v) is 3.72. The number of halogens is 1. The quantitative estimate of drug-likeness (QED) is 0.450. The summed E-state index contributed by atoms with van der Waals surface area (Å²) in [5, 5.41) is 17.7. The number of aromatic hydroxyl groups is 1. The molecule has 4 aromatic rings. The summed E-state index contributed by atoms with van der Waals surface area (Å²) < 4.78 is 38.4. The number of rotatable bonds is 5. The molecule has 0 aliphatic heterocycles. The van der Waals surface area contributed by atoms with Crippen molar-refractivity contribution in [3.05, 3.63) is 71.9 Å². The van der Waals surface area contributed by atoms with Gasteiger partial charge in [0.05, 0.1) is 16.3 Å². The summed E-state index contributed by atoms with van der Waals surface area (Å²) >= 11 is 0. The molecule has 0 spiro atoms. The van der Waals surface area contributed by atoms with E-state index >= 15 is 0 Å². The van der Waals surface area contributed by atoms with Gasteiger partial charge in [-0.3, -0.25) is 4.40 Å². The highest BCUT2D eigenvalue weighted by Gasteiger charge is 2.16. The van der Waals surface area contributed by atoms with Crippen LogP contribution in [0.25, 0.3) is 16.9 Å². The number of aromatic nitrogens is 3. The molecule has 8 nitrogen and oxygen atoms in total. The standard InChI is InChI=1S/C20H18FN5O3S/c1-12-18(14-4-7-17(27)16(21)10-14)26-9-8-23-19(20(26)25-12)24-11-13-2-5-15(6-3-13)30(22,28)29/h2-10,27H,11H2,1H3,(H,23,24)(H2,22,28,29). The number of sulfonamides is 1. The number of benzene rings is 2. The second-order valence-electron chi connectivity index (χ2n) is 6.72. The largest absolute Gasteiger partial charge is 0.505 e. The minimum atomic E-state index is -3.74. The molecule has 2 aromatic heterocycles. The van der Waals surface area contributed by atoms with Gasteiger partial charge in [-0.05, 0) is 42.8 Å². The van der Waals surface area contributed by atoms with E-state index in [1.807, 2.05) is 6.92 Å². The second-order valence-corrected chi connectivity index (χ2v) is 8.29. The molecule has 2 aromatic carbocycles. The Morgan fingerprint density at radius 1 is 1.20 bits per heavy atom. The maximum absolute atomic E-state index is 13.8. The van der Waals surface area contributed by atoms with Crippen molar-refractivity contribution >= 4 is 21.5 Å². The average molecular weight is 427 g/mol. The van der Waals surface area contributed by atoms with Crippen LogP contribution in [0.15, 0.2) is 59.8 Å². The lowest BCUT2D eigenvalue weighted by molar-refractivity contribution is 0.432. The highest BCUT2D eigenvalue weighted by Crippen LogP contribution is 2.29. The number of aryl methyl sites for hydroxylation is 1.